The van der Waals surface area contributed by atoms with Crippen LogP contribution in [0.5, 0.6) is 0 Å². The Labute approximate surface area is 128 Å². The molecule has 0 aliphatic carbocycles. The van der Waals surface area contributed by atoms with Crippen LogP contribution in [0.2, 0.25) is 0 Å². The molecule has 0 aromatic heterocycles. The van der Waals surface area contributed by atoms with E-state index in [1.54, 1.807) is 12.2 Å². The molecule has 0 spiro atoms. The van der Waals surface area contributed by atoms with Gasteiger partial charge in [0.05, 0.1) is 23.0 Å². The molecule has 2 aliphatic heterocycles. The first kappa shape index (κ1) is 15.1. The lowest BCUT2D eigenvalue weighted by atomic mass is 9.82. The van der Waals surface area contributed by atoms with E-state index in [9.17, 15) is 29.2 Å². The van der Waals surface area contributed by atoms with Gasteiger partial charge in [0.15, 0.2) is 0 Å². The highest BCUT2D eigenvalue weighted by atomic mass is 19.1. The maximum atomic E-state index is 13.3. The molecule has 0 unspecified atom stereocenters. The van der Waals surface area contributed by atoms with Gasteiger partial charge in [-0.2, -0.15) is 4.39 Å². The summed E-state index contributed by atoms with van der Waals surface area (Å²) < 4.78 is 18.7. The van der Waals surface area contributed by atoms with Crippen LogP contribution in [0.3, 0.4) is 0 Å². The van der Waals surface area contributed by atoms with Gasteiger partial charge in [-0.15, -0.1) is 0 Å². The molecule has 2 N–H and O–H groups in total. The average Bonchev–Trinajstić information content (AvgIpc) is 3.09. The molecule has 0 radical (unpaired) electrons. The lowest BCUT2D eigenvalue weighted by Gasteiger charge is -2.20. The van der Waals surface area contributed by atoms with Crippen LogP contribution in [0.4, 0.5) is 15.8 Å². The Morgan fingerprint density at radius 3 is 2.52 bits per heavy atom. The Bertz CT molecular complexity index is 734. The number of nitrogens with one attached hydrogen (secondary N) is 1. The lowest BCUT2D eigenvalue weighted by Crippen LogP contribution is -2.39. The summed E-state index contributed by atoms with van der Waals surface area (Å²) in [6.45, 7) is 0. The fourth-order valence-electron chi connectivity index (χ4n) is 2.87. The predicted octanol–water partition coefficient (Wildman–Crippen LogP) is 1.33. The largest absolute Gasteiger partial charge is 0.481 e. The number of ether oxygens (including phenoxy) is 1. The van der Waals surface area contributed by atoms with Gasteiger partial charge in [-0.25, -0.2) is 0 Å². The summed E-state index contributed by atoms with van der Waals surface area (Å²) in [6.07, 6.45) is 1.88. The monoisotopic (exact) mass is 322 g/mol. The number of carboxylic acids is 1. The van der Waals surface area contributed by atoms with Crippen molar-refractivity contribution in [3.8, 4) is 0 Å². The van der Waals surface area contributed by atoms with Gasteiger partial charge in [0.25, 0.3) is 0 Å². The standard InChI is InChI=1S/C14H11FN2O6/c15-7-2-1-6(5-8(7)17(21)22)16-13(18)11-9-3-4-10(23-9)12(11)14(19)20/h1-5,9-12H,(H,16,18)(H,19,20)/t9-,10-,11-,12-/m1/s1. The van der Waals surface area contributed by atoms with Gasteiger partial charge in [0.2, 0.25) is 11.7 Å². The van der Waals surface area contributed by atoms with E-state index in [1.807, 2.05) is 0 Å². The summed E-state index contributed by atoms with van der Waals surface area (Å²) in [7, 11) is 0. The maximum absolute atomic E-state index is 13.3. The van der Waals surface area contributed by atoms with Crippen LogP contribution in [-0.4, -0.2) is 34.1 Å². The molecular formula is C14H11FN2O6. The van der Waals surface area contributed by atoms with E-state index < -0.39 is 52.3 Å². The number of aliphatic carboxylic acids is 1. The molecule has 1 fully saturated rings. The molecule has 0 saturated carbocycles. The first-order chi connectivity index (χ1) is 10.9. The smallest absolute Gasteiger partial charge is 0.310 e. The summed E-state index contributed by atoms with van der Waals surface area (Å²) in [6, 6.07) is 2.91. The van der Waals surface area contributed by atoms with Gasteiger partial charge < -0.3 is 15.2 Å². The van der Waals surface area contributed by atoms with Crippen molar-refractivity contribution in [2.24, 2.45) is 11.8 Å². The summed E-state index contributed by atoms with van der Waals surface area (Å²) in [4.78, 5) is 33.4. The third-order valence-corrected chi connectivity index (χ3v) is 3.90. The summed E-state index contributed by atoms with van der Waals surface area (Å²) in [5, 5.41) is 22.3. The van der Waals surface area contributed by atoms with E-state index in [1.165, 1.54) is 6.07 Å². The molecule has 8 nitrogen and oxygen atoms in total. The average molecular weight is 322 g/mol. The van der Waals surface area contributed by atoms with Gasteiger partial charge in [-0.3, -0.25) is 19.7 Å². The van der Waals surface area contributed by atoms with E-state index in [2.05, 4.69) is 5.32 Å². The van der Waals surface area contributed by atoms with Crippen molar-refractivity contribution < 1.29 is 28.7 Å². The number of benzene rings is 1. The number of nitro benzene ring substituents is 1. The van der Waals surface area contributed by atoms with Gasteiger partial charge in [0.1, 0.15) is 5.92 Å². The number of carbonyl (C=O) groups is 2. The molecule has 2 heterocycles. The highest BCUT2D eigenvalue weighted by Gasteiger charge is 2.53. The highest BCUT2D eigenvalue weighted by molar-refractivity contribution is 5.96. The minimum absolute atomic E-state index is 0.0130. The van der Waals surface area contributed by atoms with E-state index in [-0.39, 0.29) is 5.69 Å². The third kappa shape index (κ3) is 2.55. The minimum Gasteiger partial charge on any atom is -0.481 e. The quantitative estimate of drug-likeness (QED) is 0.490. The van der Waals surface area contributed by atoms with Crippen molar-refractivity contribution in [1.82, 2.24) is 0 Å². The van der Waals surface area contributed by atoms with Crippen molar-refractivity contribution in [3.63, 3.8) is 0 Å². The van der Waals surface area contributed by atoms with Crippen molar-refractivity contribution in [1.29, 1.82) is 0 Å². The molecule has 1 amide bonds. The summed E-state index contributed by atoms with van der Waals surface area (Å²) >= 11 is 0. The molecule has 2 aliphatic rings. The maximum Gasteiger partial charge on any atom is 0.310 e. The Morgan fingerprint density at radius 1 is 1.26 bits per heavy atom. The SMILES string of the molecule is O=C(O)[C@H]1[C@H](C(=O)Nc2ccc(F)c([N+](=O)[O-])c2)[C@H]2C=C[C@H]1O2. The third-order valence-electron chi connectivity index (χ3n) is 3.90. The van der Waals surface area contributed by atoms with Crippen LogP contribution in [0.15, 0.2) is 30.4 Å². The fraction of sp³-hybridized carbons (Fsp3) is 0.286. The molecule has 1 saturated heterocycles. The normalized spacial score (nSPS) is 27.9. The number of carbonyl (C=O) groups excluding carboxylic acids is 1. The fourth-order valence-corrected chi connectivity index (χ4v) is 2.87. The van der Waals surface area contributed by atoms with Crippen LogP contribution < -0.4 is 5.32 Å². The van der Waals surface area contributed by atoms with Crippen molar-refractivity contribution in [2.75, 3.05) is 5.32 Å². The molecule has 2 bridgehead atoms. The van der Waals surface area contributed by atoms with Crippen LogP contribution in [0.1, 0.15) is 0 Å². The zero-order chi connectivity index (χ0) is 16.7. The highest BCUT2D eigenvalue weighted by Crippen LogP contribution is 2.40. The number of amides is 1. The van der Waals surface area contributed by atoms with Gasteiger partial charge in [-0.1, -0.05) is 12.2 Å². The number of nitro groups is 1. The second-order valence-corrected chi connectivity index (χ2v) is 5.25. The number of carboxylic acid groups (broad SMARTS) is 1. The Morgan fingerprint density at radius 2 is 1.91 bits per heavy atom. The van der Waals surface area contributed by atoms with Gasteiger partial charge in [0, 0.05) is 11.8 Å². The predicted molar refractivity (Wildman–Crippen MR) is 74.1 cm³/mol. The van der Waals surface area contributed by atoms with Gasteiger partial charge >= 0.3 is 11.7 Å². The Balaban J connectivity index is 1.82. The first-order valence-corrected chi connectivity index (χ1v) is 6.70. The van der Waals surface area contributed by atoms with E-state index in [4.69, 9.17) is 4.74 Å². The van der Waals surface area contributed by atoms with Crippen molar-refractivity contribution >= 4 is 23.3 Å². The summed E-state index contributed by atoms with van der Waals surface area (Å²) in [5.41, 5.74) is -0.763. The molecule has 4 atom stereocenters. The molecule has 1 aromatic rings. The number of hydrogen-bond acceptors (Lipinski definition) is 5. The number of rotatable bonds is 4. The summed E-state index contributed by atoms with van der Waals surface area (Å²) in [5.74, 6) is -4.81. The van der Waals surface area contributed by atoms with E-state index in [0.29, 0.717) is 0 Å². The van der Waals surface area contributed by atoms with E-state index >= 15 is 0 Å². The zero-order valence-corrected chi connectivity index (χ0v) is 11.5. The van der Waals surface area contributed by atoms with Gasteiger partial charge in [-0.05, 0) is 12.1 Å². The van der Waals surface area contributed by atoms with E-state index in [0.717, 1.165) is 12.1 Å². The second kappa shape index (κ2) is 5.43. The lowest BCUT2D eigenvalue weighted by molar-refractivity contribution is -0.387. The minimum atomic E-state index is -1.16. The zero-order valence-electron chi connectivity index (χ0n) is 11.5. The number of fused-ring (bicyclic) bond motifs is 2. The number of hydrogen-bond donors (Lipinski definition) is 2. The number of nitrogens with zero attached hydrogens (tertiary/aromatic N) is 1. The van der Waals surface area contributed by atoms with Crippen LogP contribution >= 0.6 is 0 Å². The molecule has 3 rings (SSSR count). The molecule has 120 valence electrons. The Hall–Kier alpha value is -2.81. The number of halogens is 1. The molecule has 23 heavy (non-hydrogen) atoms. The van der Waals surface area contributed by atoms with Crippen molar-refractivity contribution in [3.05, 3.63) is 46.3 Å². The van der Waals surface area contributed by atoms with Crippen LogP contribution in [0.25, 0.3) is 0 Å². The molecule has 9 heteroatoms. The topological polar surface area (TPSA) is 119 Å². The molecular weight excluding hydrogens is 311 g/mol. The number of anilines is 1. The van der Waals surface area contributed by atoms with Crippen LogP contribution in [0, 0.1) is 27.8 Å². The van der Waals surface area contributed by atoms with Crippen LogP contribution in [-0.2, 0) is 14.3 Å². The van der Waals surface area contributed by atoms with Crippen molar-refractivity contribution in [2.45, 2.75) is 12.2 Å². The second-order valence-electron chi connectivity index (χ2n) is 5.25. The Kier molecular flexibility index (Phi) is 3.57. The first-order valence-electron chi connectivity index (χ1n) is 6.70. The molecule has 1 aromatic carbocycles.